The molecule has 0 aliphatic carbocycles. The third-order valence-corrected chi connectivity index (χ3v) is 3.72. The smallest absolute Gasteiger partial charge is 0.259 e. The van der Waals surface area contributed by atoms with Crippen LogP contribution in [0, 0.1) is 9.39 Å². The lowest BCUT2D eigenvalue weighted by Gasteiger charge is -2.08. The maximum absolute atomic E-state index is 13.3. The Morgan fingerprint density at radius 1 is 1.32 bits per heavy atom. The number of nitrogens with zero attached hydrogens (tertiary/aromatic N) is 2. The molecular weight excluding hydrogens is 407 g/mol. The Morgan fingerprint density at radius 2 is 2.05 bits per heavy atom. The first kappa shape index (κ1) is 14.4. The molecule has 0 atom stereocenters. The molecule has 98 valence electrons. The van der Waals surface area contributed by atoms with Gasteiger partial charge in [0.15, 0.2) is 10.3 Å². The van der Waals surface area contributed by atoms with Crippen molar-refractivity contribution in [3.63, 3.8) is 0 Å². The van der Waals surface area contributed by atoms with Crippen LogP contribution in [-0.4, -0.2) is 16.1 Å². The molecule has 0 saturated carbocycles. The van der Waals surface area contributed by atoms with E-state index in [1.807, 2.05) is 0 Å². The average molecular weight is 412 g/mol. The summed E-state index contributed by atoms with van der Waals surface area (Å²) in [6, 6.07) is 5.66. The number of anilines is 1. The van der Waals surface area contributed by atoms with E-state index in [1.54, 1.807) is 28.7 Å². The summed E-state index contributed by atoms with van der Waals surface area (Å²) < 4.78 is 13.7. The molecular formula is C11H5Cl2FIN3O. The molecule has 0 spiro atoms. The first-order valence-electron chi connectivity index (χ1n) is 4.93. The summed E-state index contributed by atoms with van der Waals surface area (Å²) in [5, 5.41) is 9.54. The zero-order valence-corrected chi connectivity index (χ0v) is 12.8. The minimum Gasteiger partial charge on any atom is -0.321 e. The van der Waals surface area contributed by atoms with Crippen molar-refractivity contribution < 1.29 is 9.18 Å². The number of hydrogen-bond acceptors (Lipinski definition) is 3. The highest BCUT2D eigenvalue weighted by atomic mass is 127. The van der Waals surface area contributed by atoms with E-state index < -0.39 is 11.7 Å². The van der Waals surface area contributed by atoms with Crippen LogP contribution in [0.1, 0.15) is 10.4 Å². The first-order valence-corrected chi connectivity index (χ1v) is 6.76. The van der Waals surface area contributed by atoms with E-state index >= 15 is 0 Å². The maximum Gasteiger partial charge on any atom is 0.259 e. The van der Waals surface area contributed by atoms with E-state index in [1.165, 1.54) is 18.2 Å². The van der Waals surface area contributed by atoms with Gasteiger partial charge in [-0.1, -0.05) is 29.3 Å². The molecule has 19 heavy (non-hydrogen) atoms. The predicted molar refractivity (Wildman–Crippen MR) is 79.1 cm³/mol. The standard InChI is InChI=1S/C11H5Cl2FIN3O/c12-8-4-5(10(13)18-17-8)11(19)16-7-3-1-2-6(14)9(7)15/h1-4H,(H,16,19). The molecule has 1 amide bonds. The summed E-state index contributed by atoms with van der Waals surface area (Å²) in [5.41, 5.74) is 0.413. The predicted octanol–water partition coefficient (Wildman–Crippen LogP) is 3.78. The molecule has 0 aliphatic heterocycles. The molecule has 0 aliphatic rings. The van der Waals surface area contributed by atoms with E-state index in [0.29, 0.717) is 9.26 Å². The highest BCUT2D eigenvalue weighted by Gasteiger charge is 2.15. The fourth-order valence-corrected chi connectivity index (χ4v) is 2.12. The summed E-state index contributed by atoms with van der Waals surface area (Å²) in [4.78, 5) is 12.0. The van der Waals surface area contributed by atoms with Crippen LogP contribution in [0.3, 0.4) is 0 Å². The summed E-state index contributed by atoms with van der Waals surface area (Å²) in [6.07, 6.45) is 0. The van der Waals surface area contributed by atoms with Gasteiger partial charge in [-0.2, -0.15) is 0 Å². The lowest BCUT2D eigenvalue weighted by Crippen LogP contribution is -2.14. The van der Waals surface area contributed by atoms with Gasteiger partial charge in [0.1, 0.15) is 5.82 Å². The van der Waals surface area contributed by atoms with Gasteiger partial charge in [0, 0.05) is 0 Å². The minimum atomic E-state index is -0.537. The van der Waals surface area contributed by atoms with Crippen LogP contribution >= 0.6 is 45.8 Å². The van der Waals surface area contributed by atoms with Crippen molar-refractivity contribution in [3.05, 3.63) is 49.5 Å². The molecule has 8 heteroatoms. The average Bonchev–Trinajstić information content (AvgIpc) is 2.38. The Morgan fingerprint density at radius 3 is 2.79 bits per heavy atom. The third-order valence-electron chi connectivity index (χ3n) is 2.16. The van der Waals surface area contributed by atoms with Crippen molar-refractivity contribution in [1.82, 2.24) is 10.2 Å². The molecule has 1 N–H and O–H groups in total. The molecule has 0 saturated heterocycles. The zero-order chi connectivity index (χ0) is 14.0. The number of benzene rings is 1. The fraction of sp³-hybridized carbons (Fsp3) is 0. The van der Waals surface area contributed by atoms with Gasteiger partial charge in [-0.3, -0.25) is 4.79 Å². The highest BCUT2D eigenvalue weighted by molar-refractivity contribution is 14.1. The van der Waals surface area contributed by atoms with E-state index in [2.05, 4.69) is 15.5 Å². The SMILES string of the molecule is O=C(Nc1cccc(F)c1I)c1cc(Cl)nnc1Cl. The monoisotopic (exact) mass is 411 g/mol. The normalized spacial score (nSPS) is 10.3. The van der Waals surface area contributed by atoms with Crippen molar-refractivity contribution in [3.8, 4) is 0 Å². The number of hydrogen-bond donors (Lipinski definition) is 1. The van der Waals surface area contributed by atoms with E-state index in [0.717, 1.165) is 0 Å². The lowest BCUT2D eigenvalue weighted by atomic mass is 10.2. The topological polar surface area (TPSA) is 54.9 Å². The molecule has 2 aromatic rings. The van der Waals surface area contributed by atoms with Crippen LogP contribution in [0.25, 0.3) is 0 Å². The minimum absolute atomic E-state index is 0.0449. The number of nitrogens with one attached hydrogen (secondary N) is 1. The first-order chi connectivity index (χ1) is 8.99. The van der Waals surface area contributed by atoms with Gasteiger partial charge < -0.3 is 5.32 Å². The molecule has 0 bridgehead atoms. The quantitative estimate of drug-likeness (QED) is 0.765. The number of halogens is 4. The summed E-state index contributed by atoms with van der Waals surface area (Å²) in [5.74, 6) is -0.958. The molecule has 1 aromatic carbocycles. The van der Waals surface area contributed by atoms with Crippen LogP contribution in [-0.2, 0) is 0 Å². The van der Waals surface area contributed by atoms with Gasteiger partial charge in [-0.25, -0.2) is 4.39 Å². The second kappa shape index (κ2) is 5.98. The summed E-state index contributed by atoms with van der Waals surface area (Å²) in [7, 11) is 0. The second-order valence-corrected chi connectivity index (χ2v) is 5.25. The van der Waals surface area contributed by atoms with E-state index in [-0.39, 0.29) is 15.9 Å². The van der Waals surface area contributed by atoms with Crippen molar-refractivity contribution in [2.24, 2.45) is 0 Å². The van der Waals surface area contributed by atoms with Gasteiger partial charge in [0.25, 0.3) is 5.91 Å². The Hall–Kier alpha value is -0.990. The number of rotatable bonds is 2. The summed E-state index contributed by atoms with van der Waals surface area (Å²) >= 11 is 13.2. The van der Waals surface area contributed by atoms with Crippen molar-refractivity contribution >= 4 is 57.4 Å². The molecule has 0 radical (unpaired) electrons. The number of amides is 1. The van der Waals surface area contributed by atoms with Crippen LogP contribution in [0.5, 0.6) is 0 Å². The summed E-state index contributed by atoms with van der Waals surface area (Å²) in [6.45, 7) is 0. The third kappa shape index (κ3) is 3.31. The van der Waals surface area contributed by atoms with Crippen molar-refractivity contribution in [2.75, 3.05) is 5.32 Å². The molecule has 4 nitrogen and oxygen atoms in total. The highest BCUT2D eigenvalue weighted by Crippen LogP contribution is 2.23. The molecule has 2 rings (SSSR count). The van der Waals surface area contributed by atoms with Crippen LogP contribution in [0.4, 0.5) is 10.1 Å². The van der Waals surface area contributed by atoms with Crippen molar-refractivity contribution in [1.29, 1.82) is 0 Å². The Bertz CT molecular complexity index is 654. The largest absolute Gasteiger partial charge is 0.321 e. The number of carbonyl (C=O) groups is 1. The molecule has 0 fully saturated rings. The second-order valence-electron chi connectivity index (χ2n) is 3.43. The van der Waals surface area contributed by atoms with E-state index in [9.17, 15) is 9.18 Å². The van der Waals surface area contributed by atoms with E-state index in [4.69, 9.17) is 23.2 Å². The van der Waals surface area contributed by atoms with Crippen LogP contribution < -0.4 is 5.32 Å². The maximum atomic E-state index is 13.3. The Balaban J connectivity index is 2.31. The molecule has 1 heterocycles. The molecule has 1 aromatic heterocycles. The van der Waals surface area contributed by atoms with Gasteiger partial charge >= 0.3 is 0 Å². The van der Waals surface area contributed by atoms with Gasteiger partial charge in [0.05, 0.1) is 14.8 Å². The lowest BCUT2D eigenvalue weighted by molar-refractivity contribution is 0.102. The zero-order valence-electron chi connectivity index (χ0n) is 9.12. The Kier molecular flexibility index (Phi) is 4.54. The number of carbonyl (C=O) groups excluding carboxylic acids is 1. The van der Waals surface area contributed by atoms with Crippen LogP contribution in [0.2, 0.25) is 10.3 Å². The van der Waals surface area contributed by atoms with Gasteiger partial charge in [0.2, 0.25) is 0 Å². The van der Waals surface area contributed by atoms with Crippen molar-refractivity contribution in [2.45, 2.75) is 0 Å². The molecule has 0 unspecified atom stereocenters. The van der Waals surface area contributed by atoms with Gasteiger partial charge in [-0.15, -0.1) is 10.2 Å². The van der Waals surface area contributed by atoms with Gasteiger partial charge in [-0.05, 0) is 40.8 Å². The fourth-order valence-electron chi connectivity index (χ4n) is 1.30. The number of aromatic nitrogens is 2. The van der Waals surface area contributed by atoms with Crippen LogP contribution in [0.15, 0.2) is 24.3 Å². The Labute approximate surface area is 131 Å².